The van der Waals surface area contributed by atoms with Gasteiger partial charge in [-0.2, -0.15) is 0 Å². The minimum Gasteiger partial charge on any atom is -0.481 e. The van der Waals surface area contributed by atoms with Crippen LogP contribution in [0.25, 0.3) is 0 Å². The van der Waals surface area contributed by atoms with E-state index >= 15 is 0 Å². The van der Waals surface area contributed by atoms with Gasteiger partial charge in [-0.05, 0) is 12.0 Å². The molecule has 80 valence electrons. The fourth-order valence-corrected chi connectivity index (χ4v) is 1.51. The van der Waals surface area contributed by atoms with Crippen LogP contribution in [0.3, 0.4) is 0 Å². The summed E-state index contributed by atoms with van der Waals surface area (Å²) >= 11 is 6.15. The highest BCUT2D eigenvalue weighted by molar-refractivity contribution is 6.22. The van der Waals surface area contributed by atoms with Gasteiger partial charge in [0.2, 0.25) is 0 Å². The maximum Gasteiger partial charge on any atom is 0.303 e. The molecule has 3 heteroatoms. The second-order valence-corrected chi connectivity index (χ2v) is 3.76. The predicted octanol–water partition coefficient (Wildman–Crippen LogP) is 3.39. The van der Waals surface area contributed by atoms with E-state index in [4.69, 9.17) is 16.7 Å². The maximum absolute atomic E-state index is 10.4. The lowest BCUT2D eigenvalue weighted by molar-refractivity contribution is -0.136. The molecule has 0 aliphatic heterocycles. The normalized spacial score (nSPS) is 12.1. The number of benzene rings is 1. The van der Waals surface area contributed by atoms with Crippen molar-refractivity contribution >= 4 is 17.6 Å². The Kier molecular flexibility index (Phi) is 4.37. The van der Waals surface area contributed by atoms with Gasteiger partial charge in [-0.3, -0.25) is 4.79 Å². The molecule has 1 unspecified atom stereocenters. The summed E-state index contributed by atoms with van der Waals surface area (Å²) in [5, 5.41) is 8.23. The minimum absolute atomic E-state index is 0.0783. The number of aliphatic carboxylic acids is 1. The molecule has 0 aliphatic carbocycles. The van der Waals surface area contributed by atoms with Gasteiger partial charge in [0, 0.05) is 6.42 Å². The van der Waals surface area contributed by atoms with Crippen LogP contribution >= 0.6 is 11.6 Å². The number of rotatable bonds is 5. The molecule has 0 radical (unpaired) electrons. The van der Waals surface area contributed by atoms with Gasteiger partial charge in [-0.1, -0.05) is 42.5 Å². The number of carboxylic acid groups (broad SMARTS) is 1. The fraction of sp³-hybridized carbons (Fsp3) is 0.250. The second-order valence-electron chi connectivity index (χ2n) is 3.33. The van der Waals surface area contributed by atoms with Crippen molar-refractivity contribution in [2.75, 3.05) is 0 Å². The Morgan fingerprint density at radius 3 is 2.47 bits per heavy atom. The van der Waals surface area contributed by atoms with E-state index in [1.54, 1.807) is 0 Å². The largest absolute Gasteiger partial charge is 0.481 e. The molecule has 0 saturated carbocycles. The molecule has 2 nitrogen and oxygen atoms in total. The van der Waals surface area contributed by atoms with Crippen molar-refractivity contribution in [1.82, 2.24) is 0 Å². The van der Waals surface area contributed by atoms with E-state index in [1.165, 1.54) is 0 Å². The quantitative estimate of drug-likeness (QED) is 0.615. The number of hydrogen-bond donors (Lipinski definition) is 1. The summed E-state index contributed by atoms with van der Waals surface area (Å²) in [6, 6.07) is 9.52. The van der Waals surface area contributed by atoms with Crippen LogP contribution in [0, 0.1) is 0 Å². The zero-order valence-corrected chi connectivity index (χ0v) is 9.07. The lowest BCUT2D eigenvalue weighted by atomic mass is 10.0. The molecule has 0 bridgehead atoms. The monoisotopic (exact) mass is 224 g/mol. The van der Waals surface area contributed by atoms with Gasteiger partial charge in [0.05, 0.1) is 5.38 Å². The van der Waals surface area contributed by atoms with Crippen molar-refractivity contribution in [2.45, 2.75) is 18.2 Å². The van der Waals surface area contributed by atoms with E-state index in [2.05, 4.69) is 6.58 Å². The van der Waals surface area contributed by atoms with Gasteiger partial charge in [-0.25, -0.2) is 0 Å². The molecular formula is C12H13ClO2. The molecule has 1 N–H and O–H groups in total. The summed E-state index contributed by atoms with van der Waals surface area (Å²) in [5.41, 5.74) is 1.69. The molecule has 0 spiro atoms. The molecule has 0 heterocycles. The van der Waals surface area contributed by atoms with Gasteiger partial charge in [0.1, 0.15) is 0 Å². The zero-order chi connectivity index (χ0) is 11.3. The Morgan fingerprint density at radius 1 is 1.33 bits per heavy atom. The Hall–Kier alpha value is -1.28. The van der Waals surface area contributed by atoms with Crippen molar-refractivity contribution in [2.24, 2.45) is 0 Å². The van der Waals surface area contributed by atoms with Gasteiger partial charge in [0.25, 0.3) is 0 Å². The second kappa shape index (κ2) is 5.56. The van der Waals surface area contributed by atoms with Crippen LogP contribution in [0.5, 0.6) is 0 Å². The van der Waals surface area contributed by atoms with Crippen LogP contribution in [0.2, 0.25) is 0 Å². The van der Waals surface area contributed by atoms with E-state index in [0.29, 0.717) is 6.42 Å². The molecule has 0 aromatic heterocycles. The highest BCUT2D eigenvalue weighted by Gasteiger charge is 2.12. The highest BCUT2D eigenvalue weighted by Crippen LogP contribution is 2.29. The molecule has 0 fully saturated rings. The van der Waals surface area contributed by atoms with Crippen LogP contribution in [-0.2, 0) is 4.79 Å². The average Bonchev–Trinajstić information content (AvgIpc) is 2.26. The van der Waals surface area contributed by atoms with Crippen molar-refractivity contribution in [1.29, 1.82) is 0 Å². The van der Waals surface area contributed by atoms with Gasteiger partial charge >= 0.3 is 5.97 Å². The van der Waals surface area contributed by atoms with Gasteiger partial charge in [0.15, 0.2) is 0 Å². The van der Waals surface area contributed by atoms with Crippen molar-refractivity contribution in [3.05, 3.63) is 48.0 Å². The lowest BCUT2D eigenvalue weighted by Crippen LogP contribution is -1.99. The van der Waals surface area contributed by atoms with Crippen LogP contribution < -0.4 is 0 Å². The summed E-state index contributed by atoms with van der Waals surface area (Å²) in [4.78, 5) is 10.4. The molecule has 15 heavy (non-hydrogen) atoms. The number of alkyl halides is 1. The summed E-state index contributed by atoms with van der Waals surface area (Å²) < 4.78 is 0. The van der Waals surface area contributed by atoms with Crippen LogP contribution in [0.4, 0.5) is 0 Å². The maximum atomic E-state index is 10.4. The lowest BCUT2D eigenvalue weighted by Gasteiger charge is -2.11. The van der Waals surface area contributed by atoms with Crippen molar-refractivity contribution in [3.63, 3.8) is 0 Å². The Labute approximate surface area is 94.2 Å². The molecule has 1 aromatic rings. The van der Waals surface area contributed by atoms with E-state index in [0.717, 1.165) is 11.1 Å². The van der Waals surface area contributed by atoms with Crippen LogP contribution in [-0.4, -0.2) is 11.1 Å². The average molecular weight is 225 g/mol. The first-order valence-electron chi connectivity index (χ1n) is 4.69. The van der Waals surface area contributed by atoms with Crippen LogP contribution in [0.1, 0.15) is 23.8 Å². The molecule has 1 atom stereocenters. The predicted molar refractivity (Wildman–Crippen MR) is 61.0 cm³/mol. The topological polar surface area (TPSA) is 37.3 Å². The first kappa shape index (κ1) is 11.8. The van der Waals surface area contributed by atoms with E-state index < -0.39 is 5.97 Å². The summed E-state index contributed by atoms with van der Waals surface area (Å²) in [6.45, 7) is 3.81. The third-order valence-corrected chi connectivity index (χ3v) is 2.67. The standard InChI is InChI=1S/C12H13ClO2/c1-9(7-8-11(14)15)12(13)10-5-3-2-4-6-10/h2-6,12H,1,7-8H2,(H,14,15). The van der Waals surface area contributed by atoms with Gasteiger partial charge < -0.3 is 5.11 Å². The summed E-state index contributed by atoms with van der Waals surface area (Å²) in [7, 11) is 0. The molecular weight excluding hydrogens is 212 g/mol. The number of carboxylic acids is 1. The molecule has 0 aliphatic rings. The first-order chi connectivity index (χ1) is 7.11. The third-order valence-electron chi connectivity index (χ3n) is 2.11. The molecule has 1 rings (SSSR count). The van der Waals surface area contributed by atoms with Crippen LogP contribution in [0.15, 0.2) is 42.5 Å². The van der Waals surface area contributed by atoms with Crippen molar-refractivity contribution in [3.8, 4) is 0 Å². The Balaban J connectivity index is 2.57. The number of carbonyl (C=O) groups is 1. The minimum atomic E-state index is -0.826. The van der Waals surface area contributed by atoms with Gasteiger partial charge in [-0.15, -0.1) is 11.6 Å². The van der Waals surface area contributed by atoms with E-state index in [-0.39, 0.29) is 11.8 Å². The summed E-state index contributed by atoms with van der Waals surface area (Å²) in [5.74, 6) is -0.826. The third kappa shape index (κ3) is 3.76. The zero-order valence-electron chi connectivity index (χ0n) is 8.32. The molecule has 0 amide bonds. The van der Waals surface area contributed by atoms with E-state index in [1.807, 2.05) is 30.3 Å². The smallest absolute Gasteiger partial charge is 0.303 e. The number of hydrogen-bond acceptors (Lipinski definition) is 1. The van der Waals surface area contributed by atoms with E-state index in [9.17, 15) is 4.79 Å². The highest BCUT2D eigenvalue weighted by atomic mass is 35.5. The summed E-state index contributed by atoms with van der Waals surface area (Å²) in [6.07, 6.45) is 0.493. The van der Waals surface area contributed by atoms with Crippen molar-refractivity contribution < 1.29 is 9.90 Å². The number of allylic oxidation sites excluding steroid dienone is 1. The first-order valence-corrected chi connectivity index (χ1v) is 5.13. The Bertz CT molecular complexity index is 346. The fourth-order valence-electron chi connectivity index (χ4n) is 1.25. The Morgan fingerprint density at radius 2 is 1.93 bits per heavy atom. The molecule has 1 aromatic carbocycles. The SMILES string of the molecule is C=C(CCC(=O)O)C(Cl)c1ccccc1. The number of halogens is 1. The molecule has 0 saturated heterocycles.